The van der Waals surface area contributed by atoms with Crippen LogP contribution in [0.5, 0.6) is 5.75 Å². The maximum atomic E-state index is 11.7. The van der Waals surface area contributed by atoms with Crippen molar-refractivity contribution in [2.24, 2.45) is 0 Å². The summed E-state index contributed by atoms with van der Waals surface area (Å²) in [5.41, 5.74) is 1.61. The predicted molar refractivity (Wildman–Crippen MR) is 100 cm³/mol. The lowest BCUT2D eigenvalue weighted by molar-refractivity contribution is -0.130. The Kier molecular flexibility index (Phi) is 6.58. The lowest BCUT2D eigenvalue weighted by atomic mass is 10.0. The molecule has 0 saturated heterocycles. The van der Waals surface area contributed by atoms with Gasteiger partial charge in [-0.1, -0.05) is 46.3 Å². The molecule has 1 N–H and O–H groups in total. The van der Waals surface area contributed by atoms with Gasteiger partial charge in [0.2, 0.25) is 0 Å². The number of likely N-dealkylation sites (N-methyl/N-ethyl adjacent to an activating group) is 1. The molecular weight excluding hydrogens is 370 g/mol. The van der Waals surface area contributed by atoms with Gasteiger partial charge in [-0.3, -0.25) is 0 Å². The molecule has 0 aliphatic carbocycles. The van der Waals surface area contributed by atoms with E-state index in [4.69, 9.17) is 4.74 Å². The first-order valence-corrected chi connectivity index (χ1v) is 8.34. The van der Waals surface area contributed by atoms with Gasteiger partial charge >= 0.3 is 5.97 Å². The number of carboxylic acid groups (broad SMARTS) is 1. The van der Waals surface area contributed by atoms with Gasteiger partial charge < -0.3 is 14.7 Å². The van der Waals surface area contributed by atoms with Gasteiger partial charge in [-0.25, -0.2) is 4.79 Å². The monoisotopic (exact) mass is 389 g/mol. The Morgan fingerprint density at radius 1 is 1.21 bits per heavy atom. The first-order chi connectivity index (χ1) is 11.5. The van der Waals surface area contributed by atoms with Crippen LogP contribution in [0.2, 0.25) is 0 Å². The molecule has 24 heavy (non-hydrogen) atoms. The summed E-state index contributed by atoms with van der Waals surface area (Å²) < 4.78 is 6.69. The van der Waals surface area contributed by atoms with E-state index in [0.717, 1.165) is 16.6 Å². The fourth-order valence-corrected chi connectivity index (χ4v) is 2.52. The highest BCUT2D eigenvalue weighted by Crippen LogP contribution is 2.28. The number of nitrogens with zero attached hydrogens (tertiary/aromatic N) is 1. The van der Waals surface area contributed by atoms with Gasteiger partial charge in [-0.15, -0.1) is 0 Å². The number of carbonyl (C=O) groups is 1. The molecule has 4 nitrogen and oxygen atoms in total. The van der Waals surface area contributed by atoms with Crippen molar-refractivity contribution < 1.29 is 14.6 Å². The van der Waals surface area contributed by atoms with Crippen LogP contribution in [0.1, 0.15) is 11.1 Å². The van der Waals surface area contributed by atoms with Crippen LogP contribution in [0.25, 0.3) is 11.6 Å². The third kappa shape index (κ3) is 5.22. The Morgan fingerprint density at radius 3 is 2.54 bits per heavy atom. The van der Waals surface area contributed by atoms with Crippen LogP contribution < -0.4 is 4.74 Å². The highest BCUT2D eigenvalue weighted by atomic mass is 79.9. The van der Waals surface area contributed by atoms with Crippen LogP contribution in [0.15, 0.2) is 53.0 Å². The van der Waals surface area contributed by atoms with E-state index in [-0.39, 0.29) is 5.57 Å². The van der Waals surface area contributed by atoms with Gasteiger partial charge in [0.05, 0.1) is 5.57 Å². The Morgan fingerprint density at radius 2 is 1.92 bits per heavy atom. The standard InChI is InChI=1S/C19H20BrNO3/c1-21(2)10-11-24-18-9-8-16(20)12-15(18)13-17(19(22)23)14-6-4-3-5-7-14/h3-9,12-13H,10-11H2,1-2H3,(H,22,23)/b17-13-. The summed E-state index contributed by atoms with van der Waals surface area (Å²) in [6.45, 7) is 1.31. The van der Waals surface area contributed by atoms with Crippen molar-refractivity contribution in [2.45, 2.75) is 0 Å². The second kappa shape index (κ2) is 8.66. The second-order valence-electron chi connectivity index (χ2n) is 5.56. The molecular formula is C19H20BrNO3. The zero-order valence-corrected chi connectivity index (χ0v) is 15.3. The minimum Gasteiger partial charge on any atom is -0.492 e. The Balaban J connectivity index is 2.37. The van der Waals surface area contributed by atoms with E-state index >= 15 is 0 Å². The molecule has 0 amide bonds. The van der Waals surface area contributed by atoms with E-state index < -0.39 is 5.97 Å². The topological polar surface area (TPSA) is 49.8 Å². The number of rotatable bonds is 7. The highest BCUT2D eigenvalue weighted by molar-refractivity contribution is 9.10. The average molecular weight is 390 g/mol. The van der Waals surface area contributed by atoms with E-state index in [2.05, 4.69) is 15.9 Å². The molecule has 0 heterocycles. The van der Waals surface area contributed by atoms with E-state index in [1.165, 1.54) is 0 Å². The van der Waals surface area contributed by atoms with Crippen molar-refractivity contribution in [2.75, 3.05) is 27.2 Å². The predicted octanol–water partition coefficient (Wildman–Crippen LogP) is 4.01. The summed E-state index contributed by atoms with van der Waals surface area (Å²) in [7, 11) is 3.95. The number of carboxylic acids is 1. The minimum atomic E-state index is -0.972. The van der Waals surface area contributed by atoms with Crippen LogP contribution in [0.3, 0.4) is 0 Å². The van der Waals surface area contributed by atoms with Gasteiger partial charge in [0, 0.05) is 16.6 Å². The zero-order chi connectivity index (χ0) is 17.5. The number of benzene rings is 2. The normalized spacial score (nSPS) is 11.6. The van der Waals surface area contributed by atoms with Gasteiger partial charge in [-0.05, 0) is 43.9 Å². The molecule has 2 aromatic rings. The summed E-state index contributed by atoms with van der Waals surface area (Å²) in [6, 6.07) is 14.6. The number of halogens is 1. The van der Waals surface area contributed by atoms with E-state index in [0.29, 0.717) is 17.9 Å². The third-order valence-electron chi connectivity index (χ3n) is 3.38. The number of ether oxygens (including phenoxy) is 1. The van der Waals surface area contributed by atoms with Crippen molar-refractivity contribution >= 4 is 33.5 Å². The molecule has 0 bridgehead atoms. The lowest BCUT2D eigenvalue weighted by Crippen LogP contribution is -2.19. The molecule has 2 aromatic carbocycles. The molecule has 0 fully saturated rings. The van der Waals surface area contributed by atoms with E-state index in [9.17, 15) is 9.90 Å². The average Bonchev–Trinajstić information content (AvgIpc) is 2.54. The van der Waals surface area contributed by atoms with Crippen LogP contribution in [0.4, 0.5) is 0 Å². The van der Waals surface area contributed by atoms with Crippen LogP contribution in [0, 0.1) is 0 Å². The maximum absolute atomic E-state index is 11.7. The summed E-state index contributed by atoms with van der Waals surface area (Å²) in [6.07, 6.45) is 1.65. The first kappa shape index (κ1) is 18.2. The van der Waals surface area contributed by atoms with Gasteiger partial charge in [0.1, 0.15) is 12.4 Å². The molecule has 0 atom stereocenters. The van der Waals surface area contributed by atoms with Crippen LogP contribution >= 0.6 is 15.9 Å². The van der Waals surface area contributed by atoms with E-state index in [1.54, 1.807) is 18.2 Å². The number of hydrogen-bond acceptors (Lipinski definition) is 3. The van der Waals surface area contributed by atoms with Crippen LogP contribution in [-0.2, 0) is 4.79 Å². The van der Waals surface area contributed by atoms with Gasteiger partial charge in [0.25, 0.3) is 0 Å². The molecule has 0 spiro atoms. The fourth-order valence-electron chi connectivity index (χ4n) is 2.14. The lowest BCUT2D eigenvalue weighted by Gasteiger charge is -2.13. The highest BCUT2D eigenvalue weighted by Gasteiger charge is 2.12. The molecule has 0 saturated carbocycles. The molecule has 5 heteroatoms. The third-order valence-corrected chi connectivity index (χ3v) is 3.88. The molecule has 0 aliphatic rings. The van der Waals surface area contributed by atoms with E-state index in [1.807, 2.05) is 55.4 Å². The zero-order valence-electron chi connectivity index (χ0n) is 13.7. The Hall–Kier alpha value is -2.11. The molecule has 0 radical (unpaired) electrons. The maximum Gasteiger partial charge on any atom is 0.336 e. The summed E-state index contributed by atoms with van der Waals surface area (Å²) >= 11 is 3.43. The molecule has 126 valence electrons. The number of hydrogen-bond donors (Lipinski definition) is 1. The smallest absolute Gasteiger partial charge is 0.336 e. The van der Waals surface area contributed by atoms with Crippen molar-refractivity contribution in [3.63, 3.8) is 0 Å². The van der Waals surface area contributed by atoms with Crippen molar-refractivity contribution in [3.8, 4) is 5.75 Å². The number of aliphatic carboxylic acids is 1. The van der Waals surface area contributed by atoms with Gasteiger partial charge in [0.15, 0.2) is 0 Å². The SMILES string of the molecule is CN(C)CCOc1ccc(Br)cc1/C=C(\C(=O)O)c1ccccc1. The summed E-state index contributed by atoms with van der Waals surface area (Å²) in [5, 5.41) is 9.57. The molecule has 2 rings (SSSR count). The summed E-state index contributed by atoms with van der Waals surface area (Å²) in [5.74, 6) is -0.310. The van der Waals surface area contributed by atoms with Crippen molar-refractivity contribution in [3.05, 3.63) is 64.1 Å². The Labute approximate surface area is 150 Å². The molecule has 0 unspecified atom stereocenters. The molecule has 0 aromatic heterocycles. The van der Waals surface area contributed by atoms with Crippen molar-refractivity contribution in [1.82, 2.24) is 4.90 Å². The Bertz CT molecular complexity index is 727. The summed E-state index contributed by atoms with van der Waals surface area (Å²) in [4.78, 5) is 13.7. The molecule has 0 aliphatic heterocycles. The quantitative estimate of drug-likeness (QED) is 0.573. The van der Waals surface area contributed by atoms with Crippen molar-refractivity contribution in [1.29, 1.82) is 0 Å². The first-order valence-electron chi connectivity index (χ1n) is 7.55. The van der Waals surface area contributed by atoms with Gasteiger partial charge in [-0.2, -0.15) is 0 Å². The fraction of sp³-hybridized carbons (Fsp3) is 0.211. The van der Waals surface area contributed by atoms with Crippen LogP contribution in [-0.4, -0.2) is 43.2 Å². The minimum absolute atomic E-state index is 0.228. The largest absolute Gasteiger partial charge is 0.492 e. The second-order valence-corrected chi connectivity index (χ2v) is 6.48.